The first kappa shape index (κ1) is 13.4. The van der Waals surface area contributed by atoms with Crippen LogP contribution in [0.15, 0.2) is 0 Å². The molecule has 3 unspecified atom stereocenters. The molecule has 2 rings (SSSR count). The lowest BCUT2D eigenvalue weighted by Gasteiger charge is -2.42. The van der Waals surface area contributed by atoms with Gasteiger partial charge in [0.2, 0.25) is 0 Å². The van der Waals surface area contributed by atoms with Crippen molar-refractivity contribution in [2.24, 2.45) is 11.8 Å². The summed E-state index contributed by atoms with van der Waals surface area (Å²) in [5, 5.41) is 3.55. The van der Waals surface area contributed by atoms with E-state index < -0.39 is 0 Å². The molecule has 17 heavy (non-hydrogen) atoms. The van der Waals surface area contributed by atoms with Crippen molar-refractivity contribution in [3.8, 4) is 0 Å². The first-order valence-electron chi connectivity index (χ1n) is 7.62. The van der Waals surface area contributed by atoms with E-state index in [9.17, 15) is 0 Å². The van der Waals surface area contributed by atoms with E-state index >= 15 is 0 Å². The number of nitrogens with zero attached hydrogens (tertiary/aromatic N) is 1. The van der Waals surface area contributed by atoms with Crippen LogP contribution in [0.3, 0.4) is 0 Å². The highest BCUT2D eigenvalue weighted by Crippen LogP contribution is 2.33. The monoisotopic (exact) mass is 238 g/mol. The van der Waals surface area contributed by atoms with Gasteiger partial charge >= 0.3 is 0 Å². The lowest BCUT2D eigenvalue weighted by Crippen LogP contribution is -2.47. The zero-order chi connectivity index (χ0) is 12.3. The largest absolute Gasteiger partial charge is 0.317 e. The SMILES string of the molecule is CCC1CCC(NC)C(CN(C)C2CCC2)C1. The third kappa shape index (κ3) is 3.23. The van der Waals surface area contributed by atoms with Gasteiger partial charge in [-0.1, -0.05) is 19.8 Å². The molecular formula is C15H30N2. The summed E-state index contributed by atoms with van der Waals surface area (Å²) in [7, 11) is 4.49. The topological polar surface area (TPSA) is 15.3 Å². The van der Waals surface area contributed by atoms with Crippen molar-refractivity contribution in [1.82, 2.24) is 10.2 Å². The standard InChI is InChI=1S/C15H30N2/c1-4-12-8-9-15(16-2)13(10-12)11-17(3)14-6-5-7-14/h12-16H,4-11H2,1-3H3. The lowest BCUT2D eigenvalue weighted by molar-refractivity contribution is 0.0983. The summed E-state index contributed by atoms with van der Waals surface area (Å²) in [5.41, 5.74) is 0. The molecule has 2 nitrogen and oxygen atoms in total. The van der Waals surface area contributed by atoms with E-state index in [-0.39, 0.29) is 0 Å². The highest BCUT2D eigenvalue weighted by atomic mass is 15.1. The Morgan fingerprint density at radius 2 is 1.94 bits per heavy atom. The average molecular weight is 238 g/mol. The Bertz CT molecular complexity index is 225. The second-order valence-corrected chi connectivity index (χ2v) is 6.27. The number of hydrogen-bond donors (Lipinski definition) is 1. The molecule has 2 aliphatic carbocycles. The van der Waals surface area contributed by atoms with Crippen LogP contribution in [0.2, 0.25) is 0 Å². The zero-order valence-corrected chi connectivity index (χ0v) is 11.9. The van der Waals surface area contributed by atoms with Gasteiger partial charge in [-0.3, -0.25) is 0 Å². The molecule has 3 atom stereocenters. The summed E-state index contributed by atoms with van der Waals surface area (Å²) < 4.78 is 0. The van der Waals surface area contributed by atoms with Crippen molar-refractivity contribution in [2.75, 3.05) is 20.6 Å². The molecule has 2 aliphatic rings. The zero-order valence-electron chi connectivity index (χ0n) is 11.9. The summed E-state index contributed by atoms with van der Waals surface area (Å²) in [4.78, 5) is 2.64. The third-order valence-electron chi connectivity index (χ3n) is 5.26. The van der Waals surface area contributed by atoms with E-state index in [1.165, 1.54) is 51.5 Å². The molecule has 0 heterocycles. The fourth-order valence-corrected chi connectivity index (χ4v) is 3.66. The van der Waals surface area contributed by atoms with Crippen LogP contribution in [-0.2, 0) is 0 Å². The van der Waals surface area contributed by atoms with Crippen molar-refractivity contribution in [3.05, 3.63) is 0 Å². The fourth-order valence-electron chi connectivity index (χ4n) is 3.66. The van der Waals surface area contributed by atoms with Crippen LogP contribution in [0.5, 0.6) is 0 Å². The molecule has 1 N–H and O–H groups in total. The summed E-state index contributed by atoms with van der Waals surface area (Å²) >= 11 is 0. The summed E-state index contributed by atoms with van der Waals surface area (Å²) in [6, 6.07) is 1.66. The highest BCUT2D eigenvalue weighted by molar-refractivity contribution is 4.87. The van der Waals surface area contributed by atoms with Gasteiger partial charge in [0.1, 0.15) is 0 Å². The van der Waals surface area contributed by atoms with Crippen molar-refractivity contribution in [1.29, 1.82) is 0 Å². The predicted molar refractivity (Wildman–Crippen MR) is 74.2 cm³/mol. The van der Waals surface area contributed by atoms with Crippen molar-refractivity contribution in [2.45, 2.75) is 64.0 Å². The first-order chi connectivity index (χ1) is 8.24. The highest BCUT2D eigenvalue weighted by Gasteiger charge is 2.31. The molecule has 0 aliphatic heterocycles. The van der Waals surface area contributed by atoms with Crippen LogP contribution < -0.4 is 5.32 Å². The molecule has 0 spiro atoms. The molecule has 2 fully saturated rings. The Morgan fingerprint density at radius 3 is 2.47 bits per heavy atom. The van der Waals surface area contributed by atoms with Crippen LogP contribution >= 0.6 is 0 Å². The molecule has 2 saturated carbocycles. The van der Waals surface area contributed by atoms with Crippen LogP contribution in [-0.4, -0.2) is 37.6 Å². The quantitative estimate of drug-likeness (QED) is 0.792. The van der Waals surface area contributed by atoms with E-state index in [0.29, 0.717) is 0 Å². The van der Waals surface area contributed by atoms with Crippen molar-refractivity contribution >= 4 is 0 Å². The average Bonchev–Trinajstić information content (AvgIpc) is 2.26. The minimum Gasteiger partial charge on any atom is -0.317 e. The van der Waals surface area contributed by atoms with Crippen LogP contribution in [0.1, 0.15) is 51.9 Å². The van der Waals surface area contributed by atoms with Crippen LogP contribution in [0.4, 0.5) is 0 Å². The van der Waals surface area contributed by atoms with Gasteiger partial charge in [0.05, 0.1) is 0 Å². The van der Waals surface area contributed by atoms with Gasteiger partial charge < -0.3 is 10.2 Å². The minimum atomic E-state index is 0.764. The maximum absolute atomic E-state index is 3.55. The van der Waals surface area contributed by atoms with Gasteiger partial charge in [0.15, 0.2) is 0 Å². The normalized spacial score (nSPS) is 34.9. The molecule has 0 radical (unpaired) electrons. The molecule has 0 amide bonds. The molecule has 0 aromatic rings. The maximum atomic E-state index is 3.55. The van der Waals surface area contributed by atoms with Gasteiger partial charge in [-0.15, -0.1) is 0 Å². The predicted octanol–water partition coefficient (Wildman–Crippen LogP) is 2.89. The molecule has 0 aromatic heterocycles. The Kier molecular flexibility index (Phi) is 4.87. The molecular weight excluding hydrogens is 208 g/mol. The summed E-state index contributed by atoms with van der Waals surface area (Å²) in [6.07, 6.45) is 9.96. The third-order valence-corrected chi connectivity index (χ3v) is 5.26. The number of rotatable bonds is 5. The van der Waals surface area contributed by atoms with Crippen LogP contribution in [0.25, 0.3) is 0 Å². The minimum absolute atomic E-state index is 0.764. The smallest absolute Gasteiger partial charge is 0.0105 e. The molecule has 100 valence electrons. The van der Waals surface area contributed by atoms with E-state index in [1.54, 1.807) is 0 Å². The summed E-state index contributed by atoms with van der Waals surface area (Å²) in [5.74, 6) is 1.86. The molecule has 0 saturated heterocycles. The Labute approximate surface area is 107 Å². The number of hydrogen-bond acceptors (Lipinski definition) is 2. The molecule has 0 bridgehead atoms. The van der Waals surface area contributed by atoms with Gasteiger partial charge in [-0.25, -0.2) is 0 Å². The Hall–Kier alpha value is -0.0800. The maximum Gasteiger partial charge on any atom is 0.0105 e. The van der Waals surface area contributed by atoms with Crippen LogP contribution in [0, 0.1) is 11.8 Å². The second-order valence-electron chi connectivity index (χ2n) is 6.27. The number of nitrogens with one attached hydrogen (secondary N) is 1. The van der Waals surface area contributed by atoms with Gasteiger partial charge in [-0.05, 0) is 58.0 Å². The van der Waals surface area contributed by atoms with E-state index in [2.05, 4.69) is 31.2 Å². The van der Waals surface area contributed by atoms with Gasteiger partial charge in [0.25, 0.3) is 0 Å². The fraction of sp³-hybridized carbons (Fsp3) is 1.00. The van der Waals surface area contributed by atoms with E-state index in [4.69, 9.17) is 0 Å². The first-order valence-corrected chi connectivity index (χ1v) is 7.62. The van der Waals surface area contributed by atoms with E-state index in [0.717, 1.165) is 23.9 Å². The van der Waals surface area contributed by atoms with Crippen molar-refractivity contribution in [3.63, 3.8) is 0 Å². The van der Waals surface area contributed by atoms with Gasteiger partial charge in [-0.2, -0.15) is 0 Å². The Morgan fingerprint density at radius 1 is 1.18 bits per heavy atom. The molecule has 2 heteroatoms. The second kappa shape index (κ2) is 6.19. The summed E-state index contributed by atoms with van der Waals surface area (Å²) in [6.45, 7) is 3.67. The lowest BCUT2D eigenvalue weighted by atomic mass is 9.76. The molecule has 0 aromatic carbocycles. The van der Waals surface area contributed by atoms with Gasteiger partial charge in [0, 0.05) is 18.6 Å². The van der Waals surface area contributed by atoms with Crippen molar-refractivity contribution < 1.29 is 0 Å². The Balaban J connectivity index is 1.85. The van der Waals surface area contributed by atoms with E-state index in [1.807, 2.05) is 0 Å².